The fourth-order valence-electron chi connectivity index (χ4n) is 3.26. The quantitative estimate of drug-likeness (QED) is 0.711. The number of hydrogen-bond donors (Lipinski definition) is 2. The summed E-state index contributed by atoms with van der Waals surface area (Å²) in [5.41, 5.74) is 2.96. The topological polar surface area (TPSA) is 49.3 Å². The van der Waals surface area contributed by atoms with Crippen LogP contribution in [0.2, 0.25) is 0 Å². The molecule has 1 atom stereocenters. The van der Waals surface area contributed by atoms with Crippen LogP contribution in [0.25, 0.3) is 0 Å². The third-order valence-electron chi connectivity index (χ3n) is 4.99. The Morgan fingerprint density at radius 2 is 1.26 bits per heavy atom. The molecule has 0 aliphatic heterocycles. The molecule has 0 aliphatic carbocycles. The molecule has 0 aliphatic rings. The number of carbonyl (C=O) groups excluding carboxylic acids is 1. The van der Waals surface area contributed by atoms with E-state index in [4.69, 9.17) is 0 Å². The average Bonchev–Trinajstić information content (AvgIpc) is 2.69. The normalized spacial score (nSPS) is 12.4. The molecular weight excluding hydrogens is 334 g/mol. The Balaban J connectivity index is 1.99. The molecule has 3 aromatic carbocycles. The lowest BCUT2D eigenvalue weighted by atomic mass is 9.80. The van der Waals surface area contributed by atoms with Crippen molar-refractivity contribution in [3.63, 3.8) is 0 Å². The van der Waals surface area contributed by atoms with Gasteiger partial charge in [-0.25, -0.2) is 0 Å². The second kappa shape index (κ2) is 7.77. The predicted octanol–water partition coefficient (Wildman–Crippen LogP) is 4.36. The van der Waals surface area contributed by atoms with Crippen LogP contribution < -0.4 is 5.32 Å². The maximum absolute atomic E-state index is 12.7. The van der Waals surface area contributed by atoms with E-state index in [9.17, 15) is 9.90 Å². The minimum atomic E-state index is -1.34. The van der Waals surface area contributed by atoms with Crippen molar-refractivity contribution in [1.29, 1.82) is 0 Å². The summed E-state index contributed by atoms with van der Waals surface area (Å²) in [6.07, 6.45) is 0. The molecule has 1 amide bonds. The first-order valence-corrected chi connectivity index (χ1v) is 9.14. The number of aliphatic hydroxyl groups is 1. The minimum absolute atomic E-state index is 0.208. The van der Waals surface area contributed by atoms with Crippen LogP contribution >= 0.6 is 0 Å². The van der Waals surface area contributed by atoms with Gasteiger partial charge in [0, 0.05) is 5.56 Å². The lowest BCUT2D eigenvalue weighted by Gasteiger charge is -2.36. The first-order chi connectivity index (χ1) is 12.9. The lowest BCUT2D eigenvalue weighted by Crippen LogP contribution is -2.49. The minimum Gasteiger partial charge on any atom is -0.378 e. The van der Waals surface area contributed by atoms with E-state index in [-0.39, 0.29) is 5.91 Å². The Kier molecular flexibility index (Phi) is 5.43. The molecule has 0 saturated heterocycles. The zero-order valence-electron chi connectivity index (χ0n) is 15.9. The van der Waals surface area contributed by atoms with Gasteiger partial charge in [0.05, 0.1) is 6.04 Å². The van der Waals surface area contributed by atoms with Gasteiger partial charge in [-0.1, -0.05) is 77.9 Å². The maximum Gasteiger partial charge on any atom is 0.251 e. The third-order valence-corrected chi connectivity index (χ3v) is 4.99. The maximum atomic E-state index is 12.7. The zero-order valence-corrected chi connectivity index (χ0v) is 15.9. The molecule has 3 nitrogen and oxygen atoms in total. The van der Waals surface area contributed by atoms with Crippen LogP contribution in [0.5, 0.6) is 0 Å². The van der Waals surface area contributed by atoms with Gasteiger partial charge in [0.15, 0.2) is 0 Å². The van der Waals surface area contributed by atoms with E-state index in [0.29, 0.717) is 5.56 Å². The fourth-order valence-corrected chi connectivity index (χ4v) is 3.26. The van der Waals surface area contributed by atoms with Crippen molar-refractivity contribution in [2.75, 3.05) is 0 Å². The van der Waals surface area contributed by atoms with Crippen molar-refractivity contribution in [3.05, 3.63) is 107 Å². The SMILES string of the molecule is Cc1ccc(C(O)(c2ccc(C)cc2)[C@H](C)NC(=O)c2ccccc2)cc1. The van der Waals surface area contributed by atoms with Crippen LogP contribution in [-0.4, -0.2) is 17.1 Å². The number of amides is 1. The van der Waals surface area contributed by atoms with E-state index in [1.807, 2.05) is 87.5 Å². The van der Waals surface area contributed by atoms with Gasteiger partial charge in [-0.15, -0.1) is 0 Å². The molecule has 0 unspecified atom stereocenters. The average molecular weight is 359 g/mol. The Hall–Kier alpha value is -2.91. The summed E-state index contributed by atoms with van der Waals surface area (Å²) in [6, 6.07) is 24.1. The Labute approximate surface area is 160 Å². The summed E-state index contributed by atoms with van der Waals surface area (Å²) in [5, 5.41) is 14.8. The van der Waals surface area contributed by atoms with E-state index in [1.165, 1.54) is 0 Å². The van der Waals surface area contributed by atoms with Crippen LogP contribution in [0, 0.1) is 13.8 Å². The molecule has 2 N–H and O–H groups in total. The molecule has 0 saturated carbocycles. The van der Waals surface area contributed by atoms with E-state index in [1.54, 1.807) is 12.1 Å². The molecule has 0 radical (unpaired) electrons. The first kappa shape index (κ1) is 18.9. The number of aryl methyl sites for hydroxylation is 2. The second-order valence-corrected chi connectivity index (χ2v) is 7.06. The van der Waals surface area contributed by atoms with Crippen molar-refractivity contribution in [2.45, 2.75) is 32.4 Å². The Morgan fingerprint density at radius 1 is 0.815 bits per heavy atom. The molecule has 3 rings (SSSR count). The van der Waals surface area contributed by atoms with Crippen LogP contribution in [0.15, 0.2) is 78.9 Å². The van der Waals surface area contributed by atoms with E-state index in [0.717, 1.165) is 22.3 Å². The van der Waals surface area contributed by atoms with Crippen LogP contribution in [-0.2, 0) is 5.60 Å². The monoisotopic (exact) mass is 359 g/mol. The van der Waals surface area contributed by atoms with Gasteiger partial charge >= 0.3 is 0 Å². The highest BCUT2D eigenvalue weighted by Gasteiger charge is 2.38. The second-order valence-electron chi connectivity index (χ2n) is 7.06. The first-order valence-electron chi connectivity index (χ1n) is 9.14. The number of hydrogen-bond acceptors (Lipinski definition) is 2. The Morgan fingerprint density at radius 3 is 1.70 bits per heavy atom. The highest BCUT2D eigenvalue weighted by atomic mass is 16.3. The van der Waals surface area contributed by atoms with Gasteiger partial charge in [0.1, 0.15) is 5.60 Å². The van der Waals surface area contributed by atoms with Crippen LogP contribution in [0.3, 0.4) is 0 Å². The number of rotatable bonds is 5. The largest absolute Gasteiger partial charge is 0.378 e. The molecule has 0 heterocycles. The molecule has 3 aromatic rings. The van der Waals surface area contributed by atoms with Crippen molar-refractivity contribution in [1.82, 2.24) is 5.32 Å². The van der Waals surface area contributed by atoms with Gasteiger partial charge in [-0.05, 0) is 44.0 Å². The van der Waals surface area contributed by atoms with Gasteiger partial charge in [-0.2, -0.15) is 0 Å². The van der Waals surface area contributed by atoms with Crippen LogP contribution in [0.1, 0.15) is 39.5 Å². The van der Waals surface area contributed by atoms with Crippen LogP contribution in [0.4, 0.5) is 0 Å². The van der Waals surface area contributed by atoms with Crippen molar-refractivity contribution < 1.29 is 9.90 Å². The smallest absolute Gasteiger partial charge is 0.251 e. The number of carbonyl (C=O) groups is 1. The summed E-state index contributed by atoms with van der Waals surface area (Å²) >= 11 is 0. The molecule has 3 heteroatoms. The molecule has 27 heavy (non-hydrogen) atoms. The summed E-state index contributed by atoms with van der Waals surface area (Å²) in [6.45, 7) is 5.85. The van der Waals surface area contributed by atoms with E-state index >= 15 is 0 Å². The molecule has 0 aromatic heterocycles. The van der Waals surface area contributed by atoms with Crippen molar-refractivity contribution in [2.24, 2.45) is 0 Å². The summed E-state index contributed by atoms with van der Waals surface area (Å²) in [7, 11) is 0. The van der Waals surface area contributed by atoms with Gasteiger partial charge < -0.3 is 10.4 Å². The number of benzene rings is 3. The predicted molar refractivity (Wildman–Crippen MR) is 109 cm³/mol. The molecule has 0 bridgehead atoms. The highest BCUT2D eigenvalue weighted by molar-refractivity contribution is 5.94. The molecule has 0 spiro atoms. The third kappa shape index (κ3) is 3.93. The van der Waals surface area contributed by atoms with Crippen molar-refractivity contribution in [3.8, 4) is 0 Å². The van der Waals surface area contributed by atoms with E-state index < -0.39 is 11.6 Å². The molecule has 138 valence electrons. The summed E-state index contributed by atoms with van der Waals surface area (Å²) in [5.74, 6) is -0.208. The van der Waals surface area contributed by atoms with Gasteiger partial charge in [0.2, 0.25) is 0 Å². The number of nitrogens with one attached hydrogen (secondary N) is 1. The lowest BCUT2D eigenvalue weighted by molar-refractivity contribution is 0.0404. The highest BCUT2D eigenvalue weighted by Crippen LogP contribution is 2.33. The van der Waals surface area contributed by atoms with Gasteiger partial charge in [0.25, 0.3) is 5.91 Å². The Bertz CT molecular complexity index is 854. The standard InChI is InChI=1S/C24H25NO2/c1-17-9-13-21(14-10-17)24(27,22-15-11-18(2)12-16-22)19(3)25-23(26)20-7-5-4-6-8-20/h4-16,19,27H,1-3H3,(H,25,26)/t19-/m0/s1. The molecular formula is C24H25NO2. The molecule has 0 fully saturated rings. The summed E-state index contributed by atoms with van der Waals surface area (Å²) in [4.78, 5) is 12.7. The zero-order chi connectivity index (χ0) is 19.4. The van der Waals surface area contributed by atoms with E-state index in [2.05, 4.69) is 5.32 Å². The fraction of sp³-hybridized carbons (Fsp3) is 0.208. The van der Waals surface area contributed by atoms with Gasteiger partial charge in [-0.3, -0.25) is 4.79 Å². The van der Waals surface area contributed by atoms with Crippen molar-refractivity contribution >= 4 is 5.91 Å². The summed E-state index contributed by atoms with van der Waals surface area (Å²) < 4.78 is 0.